The van der Waals surface area contributed by atoms with Gasteiger partial charge < -0.3 is 10.1 Å². The highest BCUT2D eigenvalue weighted by molar-refractivity contribution is 5.88. The summed E-state index contributed by atoms with van der Waals surface area (Å²) in [6.07, 6.45) is 4.23. The van der Waals surface area contributed by atoms with Gasteiger partial charge in [-0.2, -0.15) is 0 Å². The molecule has 1 aliphatic carbocycles. The molecule has 0 bridgehead atoms. The molecular weight excluding hydrogens is 316 g/mol. The Labute approximate surface area is 149 Å². The van der Waals surface area contributed by atoms with E-state index in [1.807, 2.05) is 37.3 Å². The molecule has 1 aromatic carbocycles. The van der Waals surface area contributed by atoms with Gasteiger partial charge in [-0.25, -0.2) is 0 Å². The first-order chi connectivity index (χ1) is 12.1. The van der Waals surface area contributed by atoms with Crippen LogP contribution in [0.5, 0.6) is 0 Å². The third-order valence-corrected chi connectivity index (χ3v) is 5.38. The lowest BCUT2D eigenvalue weighted by molar-refractivity contribution is -0.162. The molecule has 1 N–H and O–H groups in total. The zero-order chi connectivity index (χ0) is 17.9. The molecule has 5 nitrogen and oxygen atoms in total. The summed E-state index contributed by atoms with van der Waals surface area (Å²) in [5.74, 6) is 0.388. The average Bonchev–Trinajstić information content (AvgIpc) is 2.98. The minimum absolute atomic E-state index is 0.00598. The van der Waals surface area contributed by atoms with Crippen LogP contribution in [0.25, 0.3) is 0 Å². The lowest BCUT2D eigenvalue weighted by atomic mass is 9.83. The smallest absolute Gasteiger partial charge is 0.245 e. The van der Waals surface area contributed by atoms with Crippen LogP contribution in [0.1, 0.15) is 51.5 Å². The Balaban J connectivity index is 1.73. The van der Waals surface area contributed by atoms with Crippen LogP contribution in [0.4, 0.5) is 0 Å². The molecule has 0 aromatic heterocycles. The van der Waals surface area contributed by atoms with Crippen LogP contribution in [-0.4, -0.2) is 35.1 Å². The van der Waals surface area contributed by atoms with Crippen molar-refractivity contribution in [3.8, 4) is 0 Å². The second-order valence-corrected chi connectivity index (χ2v) is 7.30. The quantitative estimate of drug-likeness (QED) is 0.914. The van der Waals surface area contributed by atoms with Crippen molar-refractivity contribution in [1.82, 2.24) is 10.2 Å². The summed E-state index contributed by atoms with van der Waals surface area (Å²) in [7, 11) is 0. The molecule has 0 unspecified atom stereocenters. The molecule has 0 radical (unpaired) electrons. The van der Waals surface area contributed by atoms with Crippen LogP contribution in [0.15, 0.2) is 30.3 Å². The average molecular weight is 344 g/mol. The van der Waals surface area contributed by atoms with E-state index in [-0.39, 0.29) is 11.8 Å². The summed E-state index contributed by atoms with van der Waals surface area (Å²) >= 11 is 0. The summed E-state index contributed by atoms with van der Waals surface area (Å²) in [5, 5.41) is 2.97. The molecule has 1 saturated carbocycles. The normalized spacial score (nSPS) is 29.0. The van der Waals surface area contributed by atoms with Crippen LogP contribution in [0, 0.1) is 5.92 Å². The maximum Gasteiger partial charge on any atom is 0.245 e. The fraction of sp³-hybridized carbons (Fsp3) is 0.600. The molecule has 1 aliphatic heterocycles. The SMILES string of the molecule is CCC(=O)N1[C@@H](C(=O)NCc2ccccc2)CO[C@@]12CCC[C@H](C)C2. The van der Waals surface area contributed by atoms with Crippen molar-refractivity contribution in [3.63, 3.8) is 0 Å². The van der Waals surface area contributed by atoms with E-state index in [1.54, 1.807) is 4.90 Å². The van der Waals surface area contributed by atoms with Crippen molar-refractivity contribution in [2.45, 2.75) is 64.3 Å². The van der Waals surface area contributed by atoms with Gasteiger partial charge in [-0.05, 0) is 30.7 Å². The molecule has 2 aliphatic rings. The second-order valence-electron chi connectivity index (χ2n) is 7.30. The minimum Gasteiger partial charge on any atom is -0.353 e. The summed E-state index contributed by atoms with van der Waals surface area (Å²) < 4.78 is 6.12. The number of hydrogen-bond acceptors (Lipinski definition) is 3. The molecule has 1 aromatic rings. The molecular formula is C20H28N2O3. The number of carbonyl (C=O) groups excluding carboxylic acids is 2. The largest absolute Gasteiger partial charge is 0.353 e. The van der Waals surface area contributed by atoms with Crippen LogP contribution in [-0.2, 0) is 20.9 Å². The number of ether oxygens (including phenoxy) is 1. The number of nitrogens with one attached hydrogen (secondary N) is 1. The third kappa shape index (κ3) is 3.71. The van der Waals surface area contributed by atoms with E-state index in [2.05, 4.69) is 12.2 Å². The van der Waals surface area contributed by atoms with Crippen molar-refractivity contribution in [3.05, 3.63) is 35.9 Å². The van der Waals surface area contributed by atoms with E-state index in [0.717, 1.165) is 31.2 Å². The monoisotopic (exact) mass is 344 g/mol. The van der Waals surface area contributed by atoms with Crippen molar-refractivity contribution >= 4 is 11.8 Å². The highest BCUT2D eigenvalue weighted by atomic mass is 16.5. The molecule has 1 saturated heterocycles. The van der Waals surface area contributed by atoms with Gasteiger partial charge in [0.05, 0.1) is 6.61 Å². The fourth-order valence-corrected chi connectivity index (χ4v) is 4.15. The van der Waals surface area contributed by atoms with E-state index in [4.69, 9.17) is 4.74 Å². The molecule has 136 valence electrons. The summed E-state index contributed by atoms with van der Waals surface area (Å²) in [6, 6.07) is 9.28. The van der Waals surface area contributed by atoms with Crippen molar-refractivity contribution < 1.29 is 14.3 Å². The third-order valence-electron chi connectivity index (χ3n) is 5.38. The first kappa shape index (κ1) is 17.9. The van der Waals surface area contributed by atoms with Crippen molar-refractivity contribution in [1.29, 1.82) is 0 Å². The number of carbonyl (C=O) groups is 2. The maximum absolute atomic E-state index is 12.8. The Morgan fingerprint density at radius 3 is 2.76 bits per heavy atom. The van der Waals surface area contributed by atoms with Crippen LogP contribution >= 0.6 is 0 Å². The zero-order valence-corrected chi connectivity index (χ0v) is 15.2. The standard InChI is InChI=1S/C20H28N2O3/c1-3-18(23)22-17(14-25-20(22)11-7-8-15(2)12-20)19(24)21-13-16-9-5-4-6-10-16/h4-6,9-10,15,17H,3,7-8,11-14H2,1-2H3,(H,21,24)/t15-,17+,20+/m0/s1. The van der Waals surface area contributed by atoms with Crippen LogP contribution in [0.2, 0.25) is 0 Å². The predicted molar refractivity (Wildman–Crippen MR) is 95.5 cm³/mol. The lowest BCUT2D eigenvalue weighted by Gasteiger charge is -2.43. The lowest BCUT2D eigenvalue weighted by Crippen LogP contribution is -2.56. The van der Waals surface area contributed by atoms with Crippen molar-refractivity contribution in [2.24, 2.45) is 5.92 Å². The molecule has 25 heavy (non-hydrogen) atoms. The van der Waals surface area contributed by atoms with Gasteiger partial charge in [-0.1, -0.05) is 50.6 Å². The molecule has 2 amide bonds. The van der Waals surface area contributed by atoms with Gasteiger partial charge in [0.2, 0.25) is 11.8 Å². The number of benzene rings is 1. The second kappa shape index (κ2) is 7.56. The Morgan fingerprint density at radius 1 is 1.32 bits per heavy atom. The number of nitrogens with zero attached hydrogens (tertiary/aromatic N) is 1. The van der Waals surface area contributed by atoms with Crippen molar-refractivity contribution in [2.75, 3.05) is 6.61 Å². The summed E-state index contributed by atoms with van der Waals surface area (Å²) in [5.41, 5.74) is 0.462. The van der Waals surface area contributed by atoms with Gasteiger partial charge in [0.25, 0.3) is 0 Å². The Kier molecular flexibility index (Phi) is 5.42. The number of hydrogen-bond donors (Lipinski definition) is 1. The van der Waals surface area contributed by atoms with Gasteiger partial charge in [-0.15, -0.1) is 0 Å². The minimum atomic E-state index is -0.584. The highest BCUT2D eigenvalue weighted by Crippen LogP contribution is 2.43. The molecule has 3 atom stereocenters. The molecule has 1 spiro atoms. The Morgan fingerprint density at radius 2 is 2.08 bits per heavy atom. The molecule has 5 heteroatoms. The zero-order valence-electron chi connectivity index (χ0n) is 15.2. The fourth-order valence-electron chi connectivity index (χ4n) is 4.15. The predicted octanol–water partition coefficient (Wildman–Crippen LogP) is 2.85. The van der Waals surface area contributed by atoms with E-state index >= 15 is 0 Å². The molecule has 3 rings (SSSR count). The van der Waals surface area contributed by atoms with Gasteiger partial charge in [0, 0.05) is 13.0 Å². The number of amides is 2. The van der Waals surface area contributed by atoms with E-state index < -0.39 is 11.8 Å². The van der Waals surface area contributed by atoms with Gasteiger partial charge >= 0.3 is 0 Å². The molecule has 2 fully saturated rings. The topological polar surface area (TPSA) is 58.6 Å². The van der Waals surface area contributed by atoms with Gasteiger partial charge in [0.15, 0.2) is 0 Å². The molecule has 1 heterocycles. The van der Waals surface area contributed by atoms with E-state index in [0.29, 0.717) is 25.5 Å². The first-order valence-corrected chi connectivity index (χ1v) is 9.33. The van der Waals surface area contributed by atoms with Crippen LogP contribution in [0.3, 0.4) is 0 Å². The van der Waals surface area contributed by atoms with Crippen LogP contribution < -0.4 is 5.32 Å². The maximum atomic E-state index is 12.8. The number of rotatable bonds is 4. The highest BCUT2D eigenvalue weighted by Gasteiger charge is 2.53. The van der Waals surface area contributed by atoms with E-state index in [9.17, 15) is 9.59 Å². The van der Waals surface area contributed by atoms with Gasteiger partial charge in [0.1, 0.15) is 11.8 Å². The first-order valence-electron chi connectivity index (χ1n) is 9.33. The Hall–Kier alpha value is -1.88. The Bertz CT molecular complexity index is 619. The summed E-state index contributed by atoms with van der Waals surface area (Å²) in [6.45, 7) is 4.80. The van der Waals surface area contributed by atoms with Gasteiger partial charge in [-0.3, -0.25) is 14.5 Å². The van der Waals surface area contributed by atoms with E-state index in [1.165, 1.54) is 0 Å². The summed E-state index contributed by atoms with van der Waals surface area (Å²) in [4.78, 5) is 27.2.